The second kappa shape index (κ2) is 6.20. The Kier molecular flexibility index (Phi) is 4.84. The number of benzene rings is 2. The van der Waals surface area contributed by atoms with Crippen molar-refractivity contribution in [1.29, 1.82) is 0 Å². The smallest absolute Gasteiger partial charge is 0.0585 e. The minimum absolute atomic E-state index is 0.143. The van der Waals surface area contributed by atoms with Gasteiger partial charge in [-0.15, -0.1) is 0 Å². The second-order valence-electron chi connectivity index (χ2n) is 3.94. The Bertz CT molecular complexity index is 540. The number of nitrogens with one attached hydrogen (secondary N) is 1. The maximum atomic E-state index is 5.92. The van der Waals surface area contributed by atoms with Gasteiger partial charge in [0.05, 0.1) is 6.04 Å². The summed E-state index contributed by atoms with van der Waals surface area (Å²) in [6, 6.07) is 14.2. The van der Waals surface area contributed by atoms with Gasteiger partial charge in [0.1, 0.15) is 0 Å². The first-order valence-corrected chi connectivity index (χ1v) is 7.46. The average Bonchev–Trinajstić information content (AvgIpc) is 2.35. The van der Waals surface area contributed by atoms with Crippen LogP contribution in [0, 0.1) is 0 Å². The summed E-state index contributed by atoms with van der Waals surface area (Å²) in [7, 11) is 1.95. The molecule has 1 atom stereocenters. The van der Waals surface area contributed by atoms with Crippen molar-refractivity contribution in [2.24, 2.45) is 0 Å². The minimum atomic E-state index is 0.143. The highest BCUT2D eigenvalue weighted by molar-refractivity contribution is 9.11. The molecule has 94 valence electrons. The third kappa shape index (κ3) is 3.15. The Morgan fingerprint density at radius 3 is 2.28 bits per heavy atom. The molecule has 0 saturated carbocycles. The van der Waals surface area contributed by atoms with Crippen molar-refractivity contribution in [3.8, 4) is 0 Å². The molecule has 0 aliphatic heterocycles. The van der Waals surface area contributed by atoms with Crippen LogP contribution >= 0.6 is 43.5 Å². The lowest BCUT2D eigenvalue weighted by molar-refractivity contribution is 0.689. The van der Waals surface area contributed by atoms with Crippen LogP contribution in [0.2, 0.25) is 5.02 Å². The van der Waals surface area contributed by atoms with E-state index in [0.717, 1.165) is 14.0 Å². The van der Waals surface area contributed by atoms with Gasteiger partial charge in [-0.1, -0.05) is 61.7 Å². The van der Waals surface area contributed by atoms with Crippen molar-refractivity contribution in [2.75, 3.05) is 7.05 Å². The fourth-order valence-corrected chi connectivity index (χ4v) is 3.29. The summed E-state index contributed by atoms with van der Waals surface area (Å²) in [5, 5.41) is 4.08. The molecule has 1 unspecified atom stereocenters. The molecule has 0 amide bonds. The molecule has 0 aliphatic carbocycles. The summed E-state index contributed by atoms with van der Waals surface area (Å²) in [4.78, 5) is 0. The largest absolute Gasteiger partial charge is 0.309 e. The molecule has 4 heteroatoms. The molecule has 0 aliphatic rings. The van der Waals surface area contributed by atoms with Gasteiger partial charge in [-0.05, 0) is 42.4 Å². The van der Waals surface area contributed by atoms with Crippen LogP contribution in [0.5, 0.6) is 0 Å². The van der Waals surface area contributed by atoms with Gasteiger partial charge >= 0.3 is 0 Å². The first-order valence-electron chi connectivity index (χ1n) is 5.49. The van der Waals surface area contributed by atoms with Crippen LogP contribution in [0.4, 0.5) is 0 Å². The lowest BCUT2D eigenvalue weighted by atomic mass is 9.99. The van der Waals surface area contributed by atoms with Crippen molar-refractivity contribution in [3.63, 3.8) is 0 Å². The SMILES string of the molecule is CNC(c1ccc(Cl)cc1)c1ccc(Br)cc1Br. The fraction of sp³-hybridized carbons (Fsp3) is 0.143. The Hall–Kier alpha value is -0.350. The summed E-state index contributed by atoms with van der Waals surface area (Å²) >= 11 is 13.0. The molecule has 0 radical (unpaired) electrons. The highest BCUT2D eigenvalue weighted by atomic mass is 79.9. The van der Waals surface area contributed by atoms with E-state index in [4.69, 9.17) is 11.6 Å². The molecular formula is C14H12Br2ClN. The molecule has 2 aromatic rings. The molecule has 1 N–H and O–H groups in total. The third-order valence-electron chi connectivity index (χ3n) is 2.77. The maximum absolute atomic E-state index is 5.92. The molecule has 1 nitrogen and oxygen atoms in total. The summed E-state index contributed by atoms with van der Waals surface area (Å²) in [6.07, 6.45) is 0. The highest BCUT2D eigenvalue weighted by Crippen LogP contribution is 2.31. The van der Waals surface area contributed by atoms with Crippen molar-refractivity contribution < 1.29 is 0 Å². The Balaban J connectivity index is 2.41. The standard InChI is InChI=1S/C14H12Br2ClN/c1-18-14(9-2-5-11(17)6-3-9)12-7-4-10(15)8-13(12)16/h2-8,14,18H,1H3. The van der Waals surface area contributed by atoms with Gasteiger partial charge in [-0.3, -0.25) is 0 Å². The molecular weight excluding hydrogens is 377 g/mol. The Labute approximate surface area is 129 Å². The van der Waals surface area contributed by atoms with Crippen molar-refractivity contribution in [3.05, 3.63) is 67.6 Å². The number of hydrogen-bond donors (Lipinski definition) is 1. The lowest BCUT2D eigenvalue weighted by Crippen LogP contribution is -2.18. The third-order valence-corrected chi connectivity index (χ3v) is 4.20. The summed E-state index contributed by atoms with van der Waals surface area (Å²) in [5.41, 5.74) is 2.38. The molecule has 0 heterocycles. The van der Waals surface area contributed by atoms with Gasteiger partial charge in [-0.2, -0.15) is 0 Å². The van der Waals surface area contributed by atoms with E-state index >= 15 is 0 Å². The topological polar surface area (TPSA) is 12.0 Å². The van der Waals surface area contributed by atoms with Gasteiger partial charge in [0.25, 0.3) is 0 Å². The summed E-state index contributed by atoms with van der Waals surface area (Å²) in [5.74, 6) is 0. The van der Waals surface area contributed by atoms with E-state index in [1.54, 1.807) is 0 Å². The van der Waals surface area contributed by atoms with Crippen molar-refractivity contribution in [2.45, 2.75) is 6.04 Å². The summed E-state index contributed by atoms with van der Waals surface area (Å²) < 4.78 is 2.13. The monoisotopic (exact) mass is 387 g/mol. The molecule has 0 bridgehead atoms. The zero-order chi connectivity index (χ0) is 13.1. The molecule has 0 aromatic heterocycles. The Morgan fingerprint density at radius 1 is 1.06 bits per heavy atom. The normalized spacial score (nSPS) is 12.4. The van der Waals surface area contributed by atoms with Crippen LogP contribution in [-0.2, 0) is 0 Å². The van der Waals surface area contributed by atoms with Gasteiger partial charge in [-0.25, -0.2) is 0 Å². The van der Waals surface area contributed by atoms with Gasteiger partial charge in [0, 0.05) is 14.0 Å². The fourth-order valence-electron chi connectivity index (χ4n) is 1.89. The van der Waals surface area contributed by atoms with Gasteiger partial charge in [0.15, 0.2) is 0 Å². The molecule has 0 saturated heterocycles. The molecule has 2 rings (SSSR count). The second-order valence-corrected chi connectivity index (χ2v) is 6.15. The molecule has 2 aromatic carbocycles. The number of hydrogen-bond acceptors (Lipinski definition) is 1. The van der Waals surface area contributed by atoms with E-state index in [0.29, 0.717) is 0 Å². The van der Waals surface area contributed by atoms with Crippen LogP contribution in [0.3, 0.4) is 0 Å². The average molecular weight is 390 g/mol. The van der Waals surface area contributed by atoms with E-state index in [-0.39, 0.29) is 6.04 Å². The zero-order valence-electron chi connectivity index (χ0n) is 9.75. The van der Waals surface area contributed by atoms with Crippen molar-refractivity contribution >= 4 is 43.5 Å². The zero-order valence-corrected chi connectivity index (χ0v) is 13.7. The first-order chi connectivity index (χ1) is 8.61. The predicted molar refractivity (Wildman–Crippen MR) is 84.2 cm³/mol. The minimum Gasteiger partial charge on any atom is -0.309 e. The number of rotatable bonds is 3. The molecule has 0 spiro atoms. The van der Waals surface area contributed by atoms with Crippen LogP contribution < -0.4 is 5.32 Å². The quantitative estimate of drug-likeness (QED) is 0.763. The molecule has 18 heavy (non-hydrogen) atoms. The van der Waals surface area contributed by atoms with Crippen LogP contribution in [0.15, 0.2) is 51.4 Å². The highest BCUT2D eigenvalue weighted by Gasteiger charge is 2.14. The number of halogens is 3. The van der Waals surface area contributed by atoms with Crippen molar-refractivity contribution in [1.82, 2.24) is 5.32 Å². The lowest BCUT2D eigenvalue weighted by Gasteiger charge is -2.19. The van der Waals surface area contributed by atoms with E-state index < -0.39 is 0 Å². The predicted octanol–water partition coefficient (Wildman–Crippen LogP) is 5.17. The van der Waals surface area contributed by atoms with Gasteiger partial charge in [0.2, 0.25) is 0 Å². The van der Waals surface area contributed by atoms with Crippen LogP contribution in [0.1, 0.15) is 17.2 Å². The summed E-state index contributed by atoms with van der Waals surface area (Å²) in [6.45, 7) is 0. The van der Waals surface area contributed by atoms with Crippen LogP contribution in [0.25, 0.3) is 0 Å². The van der Waals surface area contributed by atoms with E-state index in [9.17, 15) is 0 Å². The molecule has 0 fully saturated rings. The van der Waals surface area contributed by atoms with E-state index in [1.165, 1.54) is 11.1 Å². The van der Waals surface area contributed by atoms with Crippen LogP contribution in [-0.4, -0.2) is 7.05 Å². The van der Waals surface area contributed by atoms with E-state index in [1.807, 2.05) is 37.4 Å². The van der Waals surface area contributed by atoms with Gasteiger partial charge < -0.3 is 5.32 Å². The first kappa shape index (κ1) is 14.1. The maximum Gasteiger partial charge on any atom is 0.0585 e. The Morgan fingerprint density at radius 2 is 1.72 bits per heavy atom. The van der Waals surface area contributed by atoms with E-state index in [2.05, 4.69) is 49.3 Å².